The van der Waals surface area contributed by atoms with Crippen LogP contribution in [0.3, 0.4) is 0 Å². The van der Waals surface area contributed by atoms with Crippen LogP contribution in [0.5, 0.6) is 0 Å². The third-order valence-corrected chi connectivity index (χ3v) is 4.18. The maximum Gasteiger partial charge on any atom is 0.244 e. The topological polar surface area (TPSA) is 87.3 Å². The zero-order valence-electron chi connectivity index (χ0n) is 14.3. The average molecular weight is 343 g/mol. The molecule has 6 nitrogen and oxygen atoms in total. The molecule has 6 heteroatoms. The predicted molar refractivity (Wildman–Crippen MR) is 96.0 cm³/mol. The molecule has 0 spiro atoms. The summed E-state index contributed by atoms with van der Waals surface area (Å²) >= 11 is 0. The minimum Gasteiger partial charge on any atom is -0.352 e. The van der Waals surface area contributed by atoms with Gasteiger partial charge in [0.25, 0.3) is 0 Å². The Labute approximate surface area is 148 Å². The van der Waals surface area contributed by atoms with Gasteiger partial charge in [-0.2, -0.15) is 0 Å². The highest BCUT2D eigenvalue weighted by molar-refractivity contribution is 5.92. The summed E-state index contributed by atoms with van der Waals surface area (Å²) in [5, 5.41) is 2.64. The fourth-order valence-electron chi connectivity index (χ4n) is 2.75. The second-order valence-corrected chi connectivity index (χ2v) is 6.16. The van der Waals surface area contributed by atoms with Crippen LogP contribution in [0.15, 0.2) is 36.4 Å². The Morgan fingerprint density at radius 1 is 1.00 bits per heavy atom. The van der Waals surface area contributed by atoms with E-state index in [0.29, 0.717) is 0 Å². The van der Waals surface area contributed by atoms with Crippen LogP contribution in [0.2, 0.25) is 0 Å². The molecular formula is C19H25N3O3. The molecule has 0 atom stereocenters. The lowest BCUT2D eigenvalue weighted by molar-refractivity contribution is -0.132. The van der Waals surface area contributed by atoms with Crippen molar-refractivity contribution in [2.75, 3.05) is 6.54 Å². The lowest BCUT2D eigenvalue weighted by Crippen LogP contribution is -2.45. The average Bonchev–Trinajstić information content (AvgIpc) is 2.66. The number of carbonyl (C=O) groups excluding carboxylic acids is 3. The summed E-state index contributed by atoms with van der Waals surface area (Å²) in [4.78, 5) is 35.3. The standard InChI is InChI=1S/C19H25N3O3/c23-17(12-11-15-7-3-1-4-8-15)20-14-13-18(24)21-22-19(25)16-9-5-2-6-10-16/h1,3-4,7-8,11-12,16H,2,5-6,9-10,13-14H2,(H,20,23)(H,21,24)(H,22,25)/b12-11+. The van der Waals surface area contributed by atoms with Crippen LogP contribution in [-0.2, 0) is 14.4 Å². The van der Waals surface area contributed by atoms with E-state index in [1.165, 1.54) is 12.5 Å². The first kappa shape index (κ1) is 18.7. The zero-order chi connectivity index (χ0) is 17.9. The van der Waals surface area contributed by atoms with Gasteiger partial charge in [0.15, 0.2) is 0 Å². The van der Waals surface area contributed by atoms with Gasteiger partial charge in [-0.25, -0.2) is 0 Å². The van der Waals surface area contributed by atoms with Crippen molar-refractivity contribution in [3.8, 4) is 0 Å². The Hall–Kier alpha value is -2.63. The molecule has 0 radical (unpaired) electrons. The summed E-state index contributed by atoms with van der Waals surface area (Å²) in [6.45, 7) is 0.211. The van der Waals surface area contributed by atoms with Crippen LogP contribution in [0.25, 0.3) is 6.08 Å². The number of hydrogen-bond donors (Lipinski definition) is 3. The number of nitrogens with one attached hydrogen (secondary N) is 3. The number of hydrogen-bond acceptors (Lipinski definition) is 3. The lowest BCUT2D eigenvalue weighted by Gasteiger charge is -2.20. The second-order valence-electron chi connectivity index (χ2n) is 6.16. The quantitative estimate of drug-likeness (QED) is 0.545. The van der Waals surface area contributed by atoms with Crippen LogP contribution in [0.4, 0.5) is 0 Å². The summed E-state index contributed by atoms with van der Waals surface area (Å²) in [6, 6.07) is 9.48. The molecule has 0 unspecified atom stereocenters. The summed E-state index contributed by atoms with van der Waals surface area (Å²) in [6.07, 6.45) is 8.31. The number of amides is 3. The molecule has 134 valence electrons. The molecule has 1 aromatic rings. The van der Waals surface area contributed by atoms with Gasteiger partial charge in [0.2, 0.25) is 17.7 Å². The molecule has 0 aliphatic heterocycles. The highest BCUT2D eigenvalue weighted by atomic mass is 16.2. The number of rotatable bonds is 6. The van der Waals surface area contributed by atoms with E-state index in [9.17, 15) is 14.4 Å². The molecule has 1 aliphatic rings. The van der Waals surface area contributed by atoms with Crippen molar-refractivity contribution < 1.29 is 14.4 Å². The van der Waals surface area contributed by atoms with Gasteiger partial charge in [0.1, 0.15) is 0 Å². The van der Waals surface area contributed by atoms with Crippen molar-refractivity contribution in [2.45, 2.75) is 38.5 Å². The third kappa shape index (κ3) is 7.20. The fourth-order valence-corrected chi connectivity index (χ4v) is 2.75. The molecule has 2 rings (SSSR count). The minimum atomic E-state index is -0.323. The summed E-state index contributed by atoms with van der Waals surface area (Å²) in [7, 11) is 0. The van der Waals surface area contributed by atoms with Gasteiger partial charge in [-0.15, -0.1) is 0 Å². The molecule has 3 N–H and O–H groups in total. The van der Waals surface area contributed by atoms with Crippen molar-refractivity contribution in [3.05, 3.63) is 42.0 Å². The Bertz CT molecular complexity index is 608. The van der Waals surface area contributed by atoms with Crippen LogP contribution < -0.4 is 16.2 Å². The largest absolute Gasteiger partial charge is 0.352 e. The van der Waals surface area contributed by atoms with Crippen molar-refractivity contribution in [3.63, 3.8) is 0 Å². The molecule has 0 aromatic heterocycles. The van der Waals surface area contributed by atoms with Gasteiger partial charge >= 0.3 is 0 Å². The van der Waals surface area contributed by atoms with E-state index < -0.39 is 0 Å². The normalized spacial score (nSPS) is 14.9. The van der Waals surface area contributed by atoms with E-state index >= 15 is 0 Å². The Morgan fingerprint density at radius 2 is 1.72 bits per heavy atom. The third-order valence-electron chi connectivity index (χ3n) is 4.18. The van der Waals surface area contributed by atoms with Crippen LogP contribution in [-0.4, -0.2) is 24.3 Å². The summed E-state index contributed by atoms with van der Waals surface area (Å²) in [5.74, 6) is -0.709. The molecule has 25 heavy (non-hydrogen) atoms. The maximum absolute atomic E-state index is 11.9. The highest BCUT2D eigenvalue weighted by Crippen LogP contribution is 2.23. The molecule has 1 aromatic carbocycles. The smallest absolute Gasteiger partial charge is 0.244 e. The van der Waals surface area contributed by atoms with E-state index in [-0.39, 0.29) is 36.6 Å². The molecule has 0 saturated heterocycles. The van der Waals surface area contributed by atoms with E-state index in [2.05, 4.69) is 16.2 Å². The van der Waals surface area contributed by atoms with Crippen molar-refractivity contribution in [2.24, 2.45) is 5.92 Å². The fraction of sp³-hybridized carbons (Fsp3) is 0.421. The predicted octanol–water partition coefficient (Wildman–Crippen LogP) is 1.93. The molecule has 1 saturated carbocycles. The summed E-state index contributed by atoms with van der Waals surface area (Å²) < 4.78 is 0. The number of carbonyl (C=O) groups is 3. The van der Waals surface area contributed by atoms with Gasteiger partial charge in [0.05, 0.1) is 0 Å². The first-order valence-corrected chi connectivity index (χ1v) is 8.75. The molecule has 3 amide bonds. The van der Waals surface area contributed by atoms with Crippen LogP contribution in [0, 0.1) is 5.92 Å². The van der Waals surface area contributed by atoms with Crippen molar-refractivity contribution in [1.82, 2.24) is 16.2 Å². The molecule has 0 bridgehead atoms. The van der Waals surface area contributed by atoms with E-state index in [1.54, 1.807) is 6.08 Å². The van der Waals surface area contributed by atoms with E-state index in [0.717, 1.165) is 31.2 Å². The van der Waals surface area contributed by atoms with Crippen LogP contribution in [0.1, 0.15) is 44.1 Å². The first-order chi connectivity index (χ1) is 12.1. The molecular weight excluding hydrogens is 318 g/mol. The minimum absolute atomic E-state index is 0.00289. The Balaban J connectivity index is 1.59. The van der Waals surface area contributed by atoms with Gasteiger partial charge in [-0.1, -0.05) is 49.6 Å². The zero-order valence-corrected chi connectivity index (χ0v) is 14.3. The number of hydrazine groups is 1. The molecule has 0 heterocycles. The monoisotopic (exact) mass is 343 g/mol. The van der Waals surface area contributed by atoms with Gasteiger partial charge in [-0.3, -0.25) is 25.2 Å². The first-order valence-electron chi connectivity index (χ1n) is 8.75. The number of benzene rings is 1. The van der Waals surface area contributed by atoms with E-state index in [1.807, 2.05) is 30.3 Å². The Kier molecular flexibility index (Phi) is 7.69. The van der Waals surface area contributed by atoms with Gasteiger partial charge in [0, 0.05) is 25.0 Å². The van der Waals surface area contributed by atoms with Crippen molar-refractivity contribution in [1.29, 1.82) is 0 Å². The Morgan fingerprint density at radius 3 is 2.44 bits per heavy atom. The van der Waals surface area contributed by atoms with Crippen LogP contribution >= 0.6 is 0 Å². The molecule has 1 aliphatic carbocycles. The van der Waals surface area contributed by atoms with Gasteiger partial charge < -0.3 is 5.32 Å². The van der Waals surface area contributed by atoms with E-state index in [4.69, 9.17) is 0 Å². The summed E-state index contributed by atoms with van der Waals surface area (Å²) in [5.41, 5.74) is 5.81. The second kappa shape index (κ2) is 10.3. The van der Waals surface area contributed by atoms with Gasteiger partial charge in [-0.05, 0) is 24.5 Å². The lowest BCUT2D eigenvalue weighted by atomic mass is 9.89. The van der Waals surface area contributed by atoms with Crippen molar-refractivity contribution >= 4 is 23.8 Å². The highest BCUT2D eigenvalue weighted by Gasteiger charge is 2.21. The maximum atomic E-state index is 11.9. The molecule has 1 fully saturated rings. The SMILES string of the molecule is O=C(/C=C/c1ccccc1)NCCC(=O)NNC(=O)C1CCCCC1.